The van der Waals surface area contributed by atoms with Crippen LogP contribution in [0.1, 0.15) is 5.56 Å². The number of halogens is 1. The highest BCUT2D eigenvalue weighted by Gasteiger charge is 2.33. The molecule has 0 fully saturated rings. The van der Waals surface area contributed by atoms with Crippen LogP contribution in [-0.4, -0.2) is 31.8 Å². The van der Waals surface area contributed by atoms with Crippen LogP contribution in [0.4, 0.5) is 10.1 Å². The summed E-state index contributed by atoms with van der Waals surface area (Å²) < 4.78 is 39.1. The van der Waals surface area contributed by atoms with Crippen molar-refractivity contribution < 1.29 is 22.7 Å². The van der Waals surface area contributed by atoms with E-state index in [1.807, 2.05) is 42.5 Å². The van der Waals surface area contributed by atoms with E-state index in [2.05, 4.69) is 0 Å². The van der Waals surface area contributed by atoms with Crippen LogP contribution in [0.3, 0.4) is 0 Å². The molecule has 0 aliphatic rings. The highest BCUT2D eigenvalue weighted by atomic mass is 32.2. The zero-order chi connectivity index (χ0) is 21.7. The first-order valence-electron chi connectivity index (χ1n) is 9.04. The van der Waals surface area contributed by atoms with E-state index in [4.69, 9.17) is 0 Å². The lowest BCUT2D eigenvalue weighted by atomic mass is 10.1. The van der Waals surface area contributed by atoms with Gasteiger partial charge >= 0.3 is 5.97 Å². The lowest BCUT2D eigenvalue weighted by molar-refractivity contribution is -0.138. The van der Waals surface area contributed by atoms with Gasteiger partial charge in [-0.1, -0.05) is 48.2 Å². The molecule has 1 atom stereocenters. The molecule has 0 amide bonds. The van der Waals surface area contributed by atoms with Crippen LogP contribution < -0.4 is 4.31 Å². The fourth-order valence-electron chi connectivity index (χ4n) is 3.06. The lowest BCUT2D eigenvalue weighted by Gasteiger charge is -2.29. The van der Waals surface area contributed by atoms with Gasteiger partial charge in [-0.15, -0.1) is 0 Å². The van der Waals surface area contributed by atoms with Gasteiger partial charge < -0.3 is 5.11 Å². The monoisotopic (exact) mass is 445 g/mol. The lowest BCUT2D eigenvalue weighted by Crippen LogP contribution is -2.46. The maximum absolute atomic E-state index is 13.3. The highest BCUT2D eigenvalue weighted by molar-refractivity contribution is 7.99. The van der Waals surface area contributed by atoms with Gasteiger partial charge in [0.05, 0.1) is 11.9 Å². The second kappa shape index (κ2) is 9.32. The van der Waals surface area contributed by atoms with Gasteiger partial charge in [0.25, 0.3) is 0 Å². The Hall–Kier alpha value is -2.84. The molecule has 0 radical (unpaired) electrons. The van der Waals surface area contributed by atoms with Gasteiger partial charge in [-0.3, -0.25) is 4.31 Å². The number of rotatable bonds is 8. The van der Waals surface area contributed by atoms with Crippen molar-refractivity contribution in [3.05, 3.63) is 90.2 Å². The van der Waals surface area contributed by atoms with Crippen LogP contribution in [0.15, 0.2) is 88.7 Å². The molecular weight excluding hydrogens is 425 g/mol. The Kier molecular flexibility index (Phi) is 6.79. The Morgan fingerprint density at radius 2 is 1.60 bits per heavy atom. The zero-order valence-corrected chi connectivity index (χ0v) is 17.7. The molecule has 5 nitrogen and oxygen atoms in total. The molecule has 3 aromatic carbocycles. The van der Waals surface area contributed by atoms with Crippen molar-refractivity contribution in [2.24, 2.45) is 0 Å². The molecular formula is C22H20FNO4S2. The van der Waals surface area contributed by atoms with Gasteiger partial charge in [-0.25, -0.2) is 17.6 Å². The summed E-state index contributed by atoms with van der Waals surface area (Å²) in [4.78, 5) is 13.9. The van der Waals surface area contributed by atoms with Crippen molar-refractivity contribution in [2.45, 2.75) is 22.3 Å². The molecule has 156 valence electrons. The largest absolute Gasteiger partial charge is 0.480 e. The summed E-state index contributed by atoms with van der Waals surface area (Å²) in [6, 6.07) is 20.2. The normalized spacial score (nSPS) is 12.3. The molecule has 0 saturated heterocycles. The third-order valence-electron chi connectivity index (χ3n) is 4.36. The summed E-state index contributed by atoms with van der Waals surface area (Å²) in [7, 11) is -3.94. The van der Waals surface area contributed by atoms with Gasteiger partial charge in [0.2, 0.25) is 10.0 Å². The summed E-state index contributed by atoms with van der Waals surface area (Å²) >= 11 is 1.47. The van der Waals surface area contributed by atoms with E-state index in [0.29, 0.717) is 5.56 Å². The first-order chi connectivity index (χ1) is 14.3. The van der Waals surface area contributed by atoms with E-state index in [1.54, 1.807) is 12.1 Å². The van der Waals surface area contributed by atoms with Crippen LogP contribution in [0.2, 0.25) is 0 Å². The van der Waals surface area contributed by atoms with Crippen molar-refractivity contribution in [1.82, 2.24) is 0 Å². The first-order valence-corrected chi connectivity index (χ1v) is 11.7. The Morgan fingerprint density at radius 3 is 2.20 bits per heavy atom. The van der Waals surface area contributed by atoms with Crippen LogP contribution in [0, 0.1) is 5.82 Å². The van der Waals surface area contributed by atoms with E-state index in [0.717, 1.165) is 32.5 Å². The number of carboxylic acid groups (broad SMARTS) is 1. The van der Waals surface area contributed by atoms with Crippen molar-refractivity contribution in [3.63, 3.8) is 0 Å². The minimum absolute atomic E-state index is 0.0458. The topological polar surface area (TPSA) is 74.7 Å². The van der Waals surface area contributed by atoms with Crippen molar-refractivity contribution in [1.29, 1.82) is 0 Å². The molecule has 0 saturated carbocycles. The van der Waals surface area contributed by atoms with Gasteiger partial charge in [-0.05, 0) is 48.0 Å². The second-order valence-corrected chi connectivity index (χ2v) is 9.59. The minimum Gasteiger partial charge on any atom is -0.480 e. The number of sulfonamides is 1. The SMILES string of the molecule is CS(=O)(=O)N(c1ccc(F)cc1)[C@@H](Cc1ccccc1Sc1ccccc1)C(=O)O. The third kappa shape index (κ3) is 5.40. The molecule has 0 heterocycles. The number of anilines is 1. The molecule has 0 aliphatic heterocycles. The van der Waals surface area contributed by atoms with Gasteiger partial charge in [-0.2, -0.15) is 0 Å². The molecule has 0 spiro atoms. The van der Waals surface area contributed by atoms with Gasteiger partial charge in [0.15, 0.2) is 0 Å². The van der Waals surface area contributed by atoms with Crippen molar-refractivity contribution in [3.8, 4) is 0 Å². The van der Waals surface area contributed by atoms with Crippen LogP contribution in [-0.2, 0) is 21.2 Å². The van der Waals surface area contributed by atoms with Crippen molar-refractivity contribution >= 4 is 33.4 Å². The molecule has 3 aromatic rings. The molecule has 0 unspecified atom stereocenters. The standard InChI is InChI=1S/C22H20FNO4S2/c1-30(27,28)24(18-13-11-17(23)12-14-18)20(22(25)26)15-16-7-5-6-10-21(16)29-19-8-3-2-4-9-19/h2-14,20H,15H2,1H3,(H,25,26)/t20-/m0/s1. The molecule has 0 aliphatic carbocycles. The maximum atomic E-state index is 13.3. The van der Waals surface area contributed by atoms with Gasteiger partial charge in [0.1, 0.15) is 11.9 Å². The van der Waals surface area contributed by atoms with E-state index in [9.17, 15) is 22.7 Å². The average molecular weight is 446 g/mol. The predicted octanol–water partition coefficient (Wildman–Crippen LogP) is 4.44. The van der Waals surface area contributed by atoms with E-state index < -0.39 is 27.9 Å². The molecule has 0 aromatic heterocycles. The number of aliphatic carboxylic acids is 1. The number of benzene rings is 3. The summed E-state index contributed by atoms with van der Waals surface area (Å²) in [6.45, 7) is 0. The molecule has 30 heavy (non-hydrogen) atoms. The molecule has 1 N–H and O–H groups in total. The van der Waals surface area contributed by atoms with E-state index >= 15 is 0 Å². The molecule has 0 bridgehead atoms. The molecule has 8 heteroatoms. The summed E-state index contributed by atoms with van der Waals surface area (Å²) in [5.41, 5.74) is 0.800. The third-order valence-corrected chi connectivity index (χ3v) is 6.67. The van der Waals surface area contributed by atoms with Crippen LogP contribution in [0.5, 0.6) is 0 Å². The summed E-state index contributed by atoms with van der Waals surface area (Å²) in [6.07, 6.45) is 0.896. The fourth-order valence-corrected chi connectivity index (χ4v) is 5.16. The number of nitrogens with zero attached hydrogens (tertiary/aromatic N) is 1. The Morgan fingerprint density at radius 1 is 1.00 bits per heavy atom. The summed E-state index contributed by atoms with van der Waals surface area (Å²) in [5.74, 6) is -1.83. The fraction of sp³-hybridized carbons (Fsp3) is 0.136. The Balaban J connectivity index is 1.99. The van der Waals surface area contributed by atoms with Gasteiger partial charge in [0, 0.05) is 16.2 Å². The minimum atomic E-state index is -3.94. The quantitative estimate of drug-likeness (QED) is 0.555. The summed E-state index contributed by atoms with van der Waals surface area (Å²) in [5, 5.41) is 9.88. The number of hydrogen-bond donors (Lipinski definition) is 1. The number of carboxylic acids is 1. The van der Waals surface area contributed by atoms with Crippen molar-refractivity contribution in [2.75, 3.05) is 10.6 Å². The first kappa shape index (κ1) is 21.9. The predicted molar refractivity (Wildman–Crippen MR) is 116 cm³/mol. The maximum Gasteiger partial charge on any atom is 0.327 e. The van der Waals surface area contributed by atoms with Crippen LogP contribution in [0.25, 0.3) is 0 Å². The van der Waals surface area contributed by atoms with E-state index in [-0.39, 0.29) is 12.1 Å². The Labute approximate surface area is 179 Å². The highest BCUT2D eigenvalue weighted by Crippen LogP contribution is 2.32. The van der Waals surface area contributed by atoms with Crippen LogP contribution >= 0.6 is 11.8 Å². The average Bonchev–Trinajstić information content (AvgIpc) is 2.70. The Bertz CT molecular complexity index is 1120. The molecule has 3 rings (SSSR count). The zero-order valence-electron chi connectivity index (χ0n) is 16.1. The number of carbonyl (C=O) groups is 1. The number of hydrogen-bond acceptors (Lipinski definition) is 4. The second-order valence-electron chi connectivity index (χ2n) is 6.62. The smallest absolute Gasteiger partial charge is 0.327 e. The van der Waals surface area contributed by atoms with E-state index in [1.165, 1.54) is 23.9 Å².